The van der Waals surface area contributed by atoms with Gasteiger partial charge in [0, 0.05) is 24.0 Å². The zero-order valence-electron chi connectivity index (χ0n) is 14.3. The predicted molar refractivity (Wildman–Crippen MR) is 105 cm³/mol. The summed E-state index contributed by atoms with van der Waals surface area (Å²) < 4.78 is 0. The molecule has 130 valence electrons. The van der Waals surface area contributed by atoms with Crippen molar-refractivity contribution in [3.05, 3.63) is 84.4 Å². The van der Waals surface area contributed by atoms with Crippen LogP contribution in [0.4, 0.5) is 22.7 Å². The molecule has 0 aliphatic heterocycles. The van der Waals surface area contributed by atoms with E-state index < -0.39 is 0 Å². The second kappa shape index (κ2) is 7.98. The van der Waals surface area contributed by atoms with E-state index in [1.165, 1.54) is 6.92 Å². The largest absolute Gasteiger partial charge is 0.355 e. The van der Waals surface area contributed by atoms with E-state index in [1.54, 1.807) is 30.3 Å². The number of benzene rings is 3. The highest BCUT2D eigenvalue weighted by molar-refractivity contribution is 6.08. The highest BCUT2D eigenvalue weighted by atomic mass is 16.2. The van der Waals surface area contributed by atoms with E-state index >= 15 is 0 Å². The maximum Gasteiger partial charge on any atom is 0.257 e. The fourth-order valence-corrected chi connectivity index (χ4v) is 2.54. The molecule has 0 aliphatic carbocycles. The van der Waals surface area contributed by atoms with Gasteiger partial charge in [0.25, 0.3) is 5.91 Å². The van der Waals surface area contributed by atoms with Crippen LogP contribution in [0.1, 0.15) is 17.3 Å². The Labute approximate surface area is 152 Å². The quantitative estimate of drug-likeness (QED) is 0.631. The summed E-state index contributed by atoms with van der Waals surface area (Å²) in [5, 5.41) is 8.83. The average Bonchev–Trinajstić information content (AvgIpc) is 2.63. The molecule has 0 heterocycles. The molecule has 3 aromatic carbocycles. The number of anilines is 4. The molecule has 0 fully saturated rings. The first-order chi connectivity index (χ1) is 12.6. The Hall–Kier alpha value is -3.60. The molecule has 0 aromatic heterocycles. The van der Waals surface area contributed by atoms with Gasteiger partial charge in [-0.25, -0.2) is 0 Å². The van der Waals surface area contributed by atoms with E-state index in [9.17, 15) is 9.59 Å². The summed E-state index contributed by atoms with van der Waals surface area (Å²) in [4.78, 5) is 23.9. The highest BCUT2D eigenvalue weighted by Crippen LogP contribution is 2.22. The first-order valence-corrected chi connectivity index (χ1v) is 8.22. The normalized spacial score (nSPS) is 10.0. The lowest BCUT2D eigenvalue weighted by atomic mass is 10.1. The lowest BCUT2D eigenvalue weighted by molar-refractivity contribution is -0.114. The number of hydrogen-bond donors (Lipinski definition) is 3. The minimum atomic E-state index is -0.232. The third-order valence-electron chi connectivity index (χ3n) is 3.67. The minimum absolute atomic E-state index is 0.161. The maximum atomic E-state index is 12.7. The van der Waals surface area contributed by atoms with Gasteiger partial charge in [-0.15, -0.1) is 0 Å². The molecule has 0 bridgehead atoms. The van der Waals surface area contributed by atoms with Gasteiger partial charge >= 0.3 is 0 Å². The van der Waals surface area contributed by atoms with Crippen LogP contribution in [-0.2, 0) is 4.79 Å². The van der Waals surface area contributed by atoms with Gasteiger partial charge in [0.2, 0.25) is 5.91 Å². The van der Waals surface area contributed by atoms with Gasteiger partial charge in [-0.2, -0.15) is 0 Å². The van der Waals surface area contributed by atoms with E-state index in [0.717, 1.165) is 5.69 Å². The Morgan fingerprint density at radius 2 is 1.31 bits per heavy atom. The molecule has 26 heavy (non-hydrogen) atoms. The van der Waals surface area contributed by atoms with E-state index in [4.69, 9.17) is 0 Å². The first-order valence-electron chi connectivity index (χ1n) is 8.22. The summed E-state index contributed by atoms with van der Waals surface area (Å²) in [7, 11) is 0. The second-order valence-electron chi connectivity index (χ2n) is 5.75. The smallest absolute Gasteiger partial charge is 0.257 e. The van der Waals surface area contributed by atoms with Crippen molar-refractivity contribution < 1.29 is 9.59 Å². The Kier molecular flexibility index (Phi) is 5.29. The summed E-state index contributed by atoms with van der Waals surface area (Å²) in [5.74, 6) is -0.394. The van der Waals surface area contributed by atoms with Crippen LogP contribution in [0.2, 0.25) is 0 Å². The van der Waals surface area contributed by atoms with Crippen LogP contribution < -0.4 is 16.0 Å². The molecule has 3 rings (SSSR count). The van der Waals surface area contributed by atoms with Crippen molar-refractivity contribution in [2.24, 2.45) is 0 Å². The lowest BCUT2D eigenvalue weighted by Crippen LogP contribution is -2.14. The molecule has 0 atom stereocenters. The average molecular weight is 345 g/mol. The van der Waals surface area contributed by atoms with Crippen molar-refractivity contribution in [3.63, 3.8) is 0 Å². The Balaban J connectivity index is 1.79. The van der Waals surface area contributed by atoms with Gasteiger partial charge in [-0.1, -0.05) is 36.4 Å². The third-order valence-corrected chi connectivity index (χ3v) is 3.67. The van der Waals surface area contributed by atoms with Gasteiger partial charge < -0.3 is 16.0 Å². The van der Waals surface area contributed by atoms with E-state index in [0.29, 0.717) is 22.6 Å². The molecule has 3 N–H and O–H groups in total. The van der Waals surface area contributed by atoms with Gasteiger partial charge in [-0.05, 0) is 42.5 Å². The molecule has 2 amide bonds. The van der Waals surface area contributed by atoms with Crippen LogP contribution in [0, 0.1) is 0 Å². The number of rotatable bonds is 5. The van der Waals surface area contributed by atoms with Gasteiger partial charge in [0.1, 0.15) is 0 Å². The van der Waals surface area contributed by atoms with Crippen LogP contribution in [0.25, 0.3) is 0 Å². The molecular weight excluding hydrogens is 326 g/mol. The molecule has 0 aliphatic rings. The summed E-state index contributed by atoms with van der Waals surface area (Å²) in [6, 6.07) is 24.0. The molecule has 0 radical (unpaired) electrons. The molecule has 0 spiro atoms. The van der Waals surface area contributed by atoms with Crippen molar-refractivity contribution >= 4 is 34.6 Å². The lowest BCUT2D eigenvalue weighted by Gasteiger charge is -2.13. The van der Waals surface area contributed by atoms with Crippen molar-refractivity contribution in [1.82, 2.24) is 0 Å². The molecule has 5 heteroatoms. The first kappa shape index (κ1) is 17.2. The number of nitrogens with one attached hydrogen (secondary N) is 3. The number of carbonyl (C=O) groups excluding carboxylic acids is 2. The van der Waals surface area contributed by atoms with Crippen LogP contribution in [0.3, 0.4) is 0 Å². The SMILES string of the molecule is CC(=O)Nc1cccc(NC(=O)c2ccccc2Nc2ccccc2)c1. The number of carbonyl (C=O) groups is 2. The van der Waals surface area contributed by atoms with E-state index in [-0.39, 0.29) is 11.8 Å². The topological polar surface area (TPSA) is 70.2 Å². The fraction of sp³-hybridized carbons (Fsp3) is 0.0476. The Bertz CT molecular complexity index is 923. The fourth-order valence-electron chi connectivity index (χ4n) is 2.54. The highest BCUT2D eigenvalue weighted by Gasteiger charge is 2.12. The predicted octanol–water partition coefficient (Wildman–Crippen LogP) is 4.64. The standard InChI is InChI=1S/C21H19N3O2/c1-15(25)22-17-10-7-11-18(14-17)24-21(26)19-12-5-6-13-20(19)23-16-8-3-2-4-9-16/h2-14,23H,1H3,(H,22,25)(H,24,26). The van der Waals surface area contributed by atoms with Gasteiger partial charge in [0.05, 0.1) is 11.3 Å². The van der Waals surface area contributed by atoms with Crippen LogP contribution in [0.5, 0.6) is 0 Å². The summed E-state index contributed by atoms with van der Waals surface area (Å²) in [5.41, 5.74) is 3.39. The number of para-hydroxylation sites is 2. The van der Waals surface area contributed by atoms with Gasteiger partial charge in [-0.3, -0.25) is 9.59 Å². The number of amides is 2. The second-order valence-corrected chi connectivity index (χ2v) is 5.75. The van der Waals surface area contributed by atoms with Crippen LogP contribution in [-0.4, -0.2) is 11.8 Å². The summed E-state index contributed by atoms with van der Waals surface area (Å²) in [6.45, 7) is 1.44. The van der Waals surface area contributed by atoms with Crippen molar-refractivity contribution in [2.45, 2.75) is 6.92 Å². The molecule has 3 aromatic rings. The molecule has 5 nitrogen and oxygen atoms in total. The summed E-state index contributed by atoms with van der Waals surface area (Å²) in [6.07, 6.45) is 0. The summed E-state index contributed by atoms with van der Waals surface area (Å²) >= 11 is 0. The Morgan fingerprint density at radius 1 is 0.692 bits per heavy atom. The Morgan fingerprint density at radius 3 is 2.04 bits per heavy atom. The zero-order chi connectivity index (χ0) is 18.4. The molecular formula is C21H19N3O2. The molecule has 0 unspecified atom stereocenters. The van der Waals surface area contributed by atoms with Gasteiger partial charge in [0.15, 0.2) is 0 Å². The monoisotopic (exact) mass is 345 g/mol. The van der Waals surface area contributed by atoms with E-state index in [2.05, 4.69) is 16.0 Å². The van der Waals surface area contributed by atoms with Crippen LogP contribution in [0.15, 0.2) is 78.9 Å². The zero-order valence-corrected chi connectivity index (χ0v) is 14.3. The number of hydrogen-bond acceptors (Lipinski definition) is 3. The molecule has 0 saturated carbocycles. The van der Waals surface area contributed by atoms with Crippen molar-refractivity contribution in [3.8, 4) is 0 Å². The van der Waals surface area contributed by atoms with Crippen LogP contribution >= 0.6 is 0 Å². The van der Waals surface area contributed by atoms with Crippen molar-refractivity contribution in [1.29, 1.82) is 0 Å². The minimum Gasteiger partial charge on any atom is -0.355 e. The molecule has 0 saturated heterocycles. The van der Waals surface area contributed by atoms with E-state index in [1.807, 2.05) is 48.5 Å². The maximum absolute atomic E-state index is 12.7. The third kappa shape index (κ3) is 4.48. The van der Waals surface area contributed by atoms with Crippen molar-refractivity contribution in [2.75, 3.05) is 16.0 Å².